The molecule has 0 heterocycles. The SMILES string of the molecule is CCCCCCCCCCCC(O)[P+](c1ccccc1)(c1ccccc1)c1ccccc1. The second-order valence-electron chi connectivity index (χ2n) is 8.83. The molecule has 170 valence electrons. The van der Waals surface area contributed by atoms with Gasteiger partial charge in [0.15, 0.2) is 5.85 Å². The van der Waals surface area contributed by atoms with Crippen LogP contribution in [0, 0.1) is 0 Å². The van der Waals surface area contributed by atoms with Crippen LogP contribution in [0.4, 0.5) is 0 Å². The summed E-state index contributed by atoms with van der Waals surface area (Å²) in [5, 5.41) is 15.7. The van der Waals surface area contributed by atoms with Gasteiger partial charge in [0, 0.05) is 6.42 Å². The molecule has 0 fully saturated rings. The summed E-state index contributed by atoms with van der Waals surface area (Å²) in [6.07, 6.45) is 12.6. The van der Waals surface area contributed by atoms with Crippen molar-refractivity contribution in [2.75, 3.05) is 0 Å². The summed E-state index contributed by atoms with van der Waals surface area (Å²) in [6.45, 7) is 2.27. The highest BCUT2D eigenvalue weighted by Crippen LogP contribution is 2.60. The number of aliphatic hydroxyl groups excluding tert-OH is 1. The van der Waals surface area contributed by atoms with Gasteiger partial charge in [0.25, 0.3) is 0 Å². The third-order valence-electron chi connectivity index (χ3n) is 6.50. The maximum absolute atomic E-state index is 11.9. The van der Waals surface area contributed by atoms with Gasteiger partial charge in [-0.05, 0) is 42.8 Å². The first-order chi connectivity index (χ1) is 15.8. The first kappa shape index (κ1) is 24.7. The van der Waals surface area contributed by atoms with E-state index in [9.17, 15) is 5.11 Å². The molecular weight excluding hydrogens is 407 g/mol. The Labute approximate surface area is 196 Å². The number of hydrogen-bond acceptors (Lipinski definition) is 1. The summed E-state index contributed by atoms with van der Waals surface area (Å²) in [6, 6.07) is 32.2. The summed E-state index contributed by atoms with van der Waals surface area (Å²) < 4.78 is 0. The number of hydrogen-bond donors (Lipinski definition) is 1. The normalized spacial score (nSPS) is 12.6. The molecular formula is C30H40OP+. The van der Waals surface area contributed by atoms with Crippen LogP contribution >= 0.6 is 7.26 Å². The Morgan fingerprint density at radius 2 is 0.875 bits per heavy atom. The fourth-order valence-corrected chi connectivity index (χ4v) is 9.21. The number of unbranched alkanes of at least 4 members (excludes halogenated alkanes) is 8. The lowest BCUT2D eigenvalue weighted by Gasteiger charge is -2.31. The number of aliphatic hydroxyl groups is 1. The minimum atomic E-state index is -2.16. The Kier molecular flexibility index (Phi) is 10.5. The number of rotatable bonds is 14. The molecule has 3 aromatic carbocycles. The molecule has 32 heavy (non-hydrogen) atoms. The van der Waals surface area contributed by atoms with Crippen LogP contribution in [-0.4, -0.2) is 11.0 Å². The minimum absolute atomic E-state index is 0.376. The molecule has 2 heteroatoms. The minimum Gasteiger partial charge on any atom is -0.358 e. The maximum Gasteiger partial charge on any atom is 0.178 e. The van der Waals surface area contributed by atoms with Crippen LogP contribution in [0.1, 0.15) is 71.1 Å². The van der Waals surface area contributed by atoms with Crippen LogP contribution in [0.15, 0.2) is 91.0 Å². The van der Waals surface area contributed by atoms with E-state index in [-0.39, 0.29) is 5.85 Å². The third kappa shape index (κ3) is 6.31. The van der Waals surface area contributed by atoms with E-state index in [2.05, 4.69) is 97.9 Å². The molecule has 1 N–H and O–H groups in total. The molecule has 0 amide bonds. The average Bonchev–Trinajstić information content (AvgIpc) is 2.85. The van der Waals surface area contributed by atoms with Gasteiger partial charge >= 0.3 is 0 Å². The molecule has 1 nitrogen and oxygen atoms in total. The maximum atomic E-state index is 11.9. The highest BCUT2D eigenvalue weighted by atomic mass is 31.2. The Morgan fingerprint density at radius 3 is 1.25 bits per heavy atom. The van der Waals surface area contributed by atoms with E-state index >= 15 is 0 Å². The largest absolute Gasteiger partial charge is 0.358 e. The Hall–Kier alpha value is -1.95. The molecule has 0 radical (unpaired) electrons. The molecule has 0 aromatic heterocycles. The van der Waals surface area contributed by atoms with Gasteiger partial charge in [0.2, 0.25) is 0 Å². The summed E-state index contributed by atoms with van der Waals surface area (Å²) in [5.74, 6) is -0.376. The van der Waals surface area contributed by atoms with Crippen molar-refractivity contribution < 1.29 is 5.11 Å². The molecule has 0 saturated heterocycles. The van der Waals surface area contributed by atoms with E-state index < -0.39 is 7.26 Å². The van der Waals surface area contributed by atoms with E-state index in [0.29, 0.717) is 0 Å². The predicted octanol–water partition coefficient (Wildman–Crippen LogP) is 7.22. The third-order valence-corrected chi connectivity index (χ3v) is 11.0. The molecule has 0 saturated carbocycles. The lowest BCUT2D eigenvalue weighted by Crippen LogP contribution is -2.38. The number of benzene rings is 3. The van der Waals surface area contributed by atoms with E-state index in [1.807, 2.05) is 0 Å². The highest BCUT2D eigenvalue weighted by molar-refractivity contribution is 7.96. The summed E-state index contributed by atoms with van der Waals surface area (Å²) in [4.78, 5) is 0. The average molecular weight is 448 g/mol. The van der Waals surface area contributed by atoms with Crippen LogP contribution in [-0.2, 0) is 0 Å². The van der Waals surface area contributed by atoms with Crippen molar-refractivity contribution >= 4 is 23.2 Å². The second kappa shape index (κ2) is 13.6. The molecule has 0 spiro atoms. The van der Waals surface area contributed by atoms with Gasteiger partial charge in [-0.2, -0.15) is 0 Å². The standard InChI is InChI=1S/C30H40OP/c1-2-3-4-5-6-7-8-9-19-26-30(31)32(27-20-13-10-14-21-27,28-22-15-11-16-23-28)29-24-17-12-18-25-29/h10-18,20-25,30-31H,2-9,19,26H2,1H3/q+1. The first-order valence-electron chi connectivity index (χ1n) is 12.5. The summed E-state index contributed by atoms with van der Waals surface area (Å²) in [5.41, 5.74) is 0. The van der Waals surface area contributed by atoms with Crippen LogP contribution in [0.3, 0.4) is 0 Å². The lowest BCUT2D eigenvalue weighted by atomic mass is 10.1. The molecule has 0 aliphatic carbocycles. The van der Waals surface area contributed by atoms with Crippen LogP contribution in [0.25, 0.3) is 0 Å². The molecule has 0 aliphatic rings. The smallest absolute Gasteiger partial charge is 0.178 e. The zero-order valence-corrected chi connectivity index (χ0v) is 20.6. The lowest BCUT2D eigenvalue weighted by molar-refractivity contribution is 0.241. The van der Waals surface area contributed by atoms with Crippen molar-refractivity contribution in [1.29, 1.82) is 0 Å². The van der Waals surface area contributed by atoms with Gasteiger partial charge in [-0.25, -0.2) is 0 Å². The zero-order chi connectivity index (χ0) is 22.5. The van der Waals surface area contributed by atoms with Crippen molar-refractivity contribution in [2.24, 2.45) is 0 Å². The Balaban J connectivity index is 1.77. The molecule has 0 bridgehead atoms. The van der Waals surface area contributed by atoms with Gasteiger partial charge in [0.1, 0.15) is 23.2 Å². The topological polar surface area (TPSA) is 20.2 Å². The Bertz CT molecular complexity index is 766. The van der Waals surface area contributed by atoms with E-state index in [1.165, 1.54) is 67.3 Å². The molecule has 3 aromatic rings. The molecule has 1 atom stereocenters. The van der Waals surface area contributed by atoms with Crippen molar-refractivity contribution in [3.8, 4) is 0 Å². The summed E-state index contributed by atoms with van der Waals surface area (Å²) >= 11 is 0. The van der Waals surface area contributed by atoms with E-state index in [4.69, 9.17) is 0 Å². The van der Waals surface area contributed by atoms with Gasteiger partial charge in [-0.3, -0.25) is 0 Å². The van der Waals surface area contributed by atoms with E-state index in [1.54, 1.807) is 0 Å². The van der Waals surface area contributed by atoms with E-state index in [0.717, 1.165) is 12.8 Å². The fourth-order valence-electron chi connectivity index (χ4n) is 4.78. The van der Waals surface area contributed by atoms with Crippen molar-refractivity contribution in [3.05, 3.63) is 91.0 Å². The molecule has 0 aliphatic heterocycles. The first-order valence-corrected chi connectivity index (χ1v) is 14.4. The van der Waals surface area contributed by atoms with Crippen molar-refractivity contribution in [2.45, 2.75) is 77.0 Å². The monoisotopic (exact) mass is 447 g/mol. The Morgan fingerprint density at radius 1 is 0.531 bits per heavy atom. The van der Waals surface area contributed by atoms with Crippen molar-refractivity contribution in [1.82, 2.24) is 0 Å². The van der Waals surface area contributed by atoms with Crippen LogP contribution < -0.4 is 15.9 Å². The second-order valence-corrected chi connectivity index (χ2v) is 12.4. The van der Waals surface area contributed by atoms with Crippen LogP contribution in [0.2, 0.25) is 0 Å². The molecule has 3 rings (SSSR count). The zero-order valence-electron chi connectivity index (χ0n) is 19.7. The van der Waals surface area contributed by atoms with Gasteiger partial charge in [0.05, 0.1) is 0 Å². The van der Waals surface area contributed by atoms with Crippen molar-refractivity contribution in [3.63, 3.8) is 0 Å². The van der Waals surface area contributed by atoms with Gasteiger partial charge in [-0.1, -0.05) is 113 Å². The quantitative estimate of drug-likeness (QED) is 0.204. The van der Waals surface area contributed by atoms with Gasteiger partial charge in [-0.15, -0.1) is 0 Å². The van der Waals surface area contributed by atoms with Crippen LogP contribution in [0.5, 0.6) is 0 Å². The molecule has 1 unspecified atom stereocenters. The predicted molar refractivity (Wildman–Crippen MR) is 143 cm³/mol. The van der Waals surface area contributed by atoms with Gasteiger partial charge < -0.3 is 5.11 Å². The highest BCUT2D eigenvalue weighted by Gasteiger charge is 2.51. The fraction of sp³-hybridized carbons (Fsp3) is 0.400. The summed E-state index contributed by atoms with van der Waals surface area (Å²) in [7, 11) is -2.16.